The smallest absolute Gasteiger partial charge is 0.235 e. The van der Waals surface area contributed by atoms with Crippen molar-refractivity contribution in [1.82, 2.24) is 0 Å². The van der Waals surface area contributed by atoms with E-state index in [4.69, 9.17) is 19.3 Å². The fourth-order valence-corrected chi connectivity index (χ4v) is 3.32. The molecule has 148 valence electrons. The van der Waals surface area contributed by atoms with Crippen LogP contribution < -0.4 is 19.4 Å². The third-order valence-corrected chi connectivity index (χ3v) is 4.79. The normalized spacial score (nSPS) is 16.0. The highest BCUT2D eigenvalue weighted by molar-refractivity contribution is 6.12. The second-order valence-electron chi connectivity index (χ2n) is 6.46. The lowest BCUT2D eigenvalue weighted by atomic mass is 10.2. The molecule has 1 aliphatic heterocycles. The third kappa shape index (κ3) is 3.62. The first-order valence-electron chi connectivity index (χ1n) is 9.28. The summed E-state index contributed by atoms with van der Waals surface area (Å²) in [6, 6.07) is 25.7. The Morgan fingerprint density at radius 3 is 1.76 bits per heavy atom. The van der Waals surface area contributed by atoms with E-state index in [1.807, 2.05) is 83.9 Å². The molecule has 0 bridgehead atoms. The van der Waals surface area contributed by atoms with Crippen molar-refractivity contribution in [2.24, 2.45) is 5.10 Å². The Morgan fingerprint density at radius 2 is 1.24 bits per heavy atom. The van der Waals surface area contributed by atoms with Crippen molar-refractivity contribution in [3.63, 3.8) is 0 Å². The van der Waals surface area contributed by atoms with Crippen molar-refractivity contribution < 1.29 is 14.2 Å². The van der Waals surface area contributed by atoms with Gasteiger partial charge in [-0.15, -0.1) is 5.10 Å². The van der Waals surface area contributed by atoms with E-state index in [-0.39, 0.29) is 0 Å². The highest BCUT2D eigenvalue weighted by atomic mass is 16.5. The molecule has 0 unspecified atom stereocenters. The SMILES string of the molecule is COc1ccc(N2N=C(c3ccccc3)N(c3ccc(OC)cc3)[C@@H]2OC)cc1. The number of nitrogens with zero attached hydrogens (tertiary/aromatic N) is 3. The average molecular weight is 389 g/mol. The zero-order chi connectivity index (χ0) is 20.2. The number of amidine groups is 1. The summed E-state index contributed by atoms with van der Waals surface area (Å²) in [4.78, 5) is 2.07. The molecule has 0 radical (unpaired) electrons. The topological polar surface area (TPSA) is 46.5 Å². The van der Waals surface area contributed by atoms with Crippen LogP contribution in [0.15, 0.2) is 84.0 Å². The molecule has 6 nitrogen and oxygen atoms in total. The maximum absolute atomic E-state index is 5.88. The molecule has 3 aromatic rings. The molecule has 0 N–H and O–H groups in total. The number of hydrogen-bond donors (Lipinski definition) is 0. The summed E-state index contributed by atoms with van der Waals surface area (Å²) in [6.07, 6.45) is -0.438. The fourth-order valence-electron chi connectivity index (χ4n) is 3.32. The summed E-state index contributed by atoms with van der Waals surface area (Å²) in [5, 5.41) is 6.78. The van der Waals surface area contributed by atoms with Gasteiger partial charge in [0.25, 0.3) is 0 Å². The van der Waals surface area contributed by atoms with Crippen LogP contribution in [0.2, 0.25) is 0 Å². The second-order valence-corrected chi connectivity index (χ2v) is 6.46. The molecule has 4 rings (SSSR count). The zero-order valence-corrected chi connectivity index (χ0v) is 16.6. The van der Waals surface area contributed by atoms with Gasteiger partial charge in [0.15, 0.2) is 5.84 Å². The van der Waals surface area contributed by atoms with E-state index < -0.39 is 6.35 Å². The molecule has 0 saturated carbocycles. The number of anilines is 2. The lowest BCUT2D eigenvalue weighted by Gasteiger charge is -2.30. The van der Waals surface area contributed by atoms with Crippen LogP contribution >= 0.6 is 0 Å². The maximum Gasteiger partial charge on any atom is 0.235 e. The van der Waals surface area contributed by atoms with Crippen LogP contribution in [0.4, 0.5) is 11.4 Å². The Balaban J connectivity index is 1.79. The molecule has 0 amide bonds. The van der Waals surface area contributed by atoms with Gasteiger partial charge in [-0.3, -0.25) is 4.90 Å². The molecular formula is C23H23N3O3. The van der Waals surface area contributed by atoms with Crippen LogP contribution in [0.25, 0.3) is 0 Å². The van der Waals surface area contributed by atoms with Gasteiger partial charge < -0.3 is 14.2 Å². The Hall–Kier alpha value is -3.51. The Labute approximate surface area is 170 Å². The highest BCUT2D eigenvalue weighted by Gasteiger charge is 2.37. The Kier molecular flexibility index (Phi) is 5.35. The minimum atomic E-state index is -0.438. The summed E-state index contributed by atoms with van der Waals surface area (Å²) in [7, 11) is 4.99. The summed E-state index contributed by atoms with van der Waals surface area (Å²) >= 11 is 0. The van der Waals surface area contributed by atoms with E-state index in [1.165, 1.54) is 0 Å². The molecule has 0 fully saturated rings. The predicted octanol–water partition coefficient (Wildman–Crippen LogP) is 4.32. The van der Waals surface area contributed by atoms with Crippen LogP contribution in [0.3, 0.4) is 0 Å². The Morgan fingerprint density at radius 1 is 0.690 bits per heavy atom. The lowest BCUT2D eigenvalue weighted by molar-refractivity contribution is 0.114. The molecule has 3 aromatic carbocycles. The fraction of sp³-hybridized carbons (Fsp3) is 0.174. The largest absolute Gasteiger partial charge is 0.497 e. The lowest BCUT2D eigenvalue weighted by Crippen LogP contribution is -2.44. The molecule has 0 saturated heterocycles. The number of hydrogen-bond acceptors (Lipinski definition) is 6. The predicted molar refractivity (Wildman–Crippen MR) is 115 cm³/mol. The van der Waals surface area contributed by atoms with E-state index >= 15 is 0 Å². The first-order chi connectivity index (χ1) is 14.2. The molecule has 0 aliphatic carbocycles. The van der Waals surface area contributed by atoms with Gasteiger partial charge in [-0.25, -0.2) is 5.01 Å². The molecule has 1 aliphatic rings. The third-order valence-electron chi connectivity index (χ3n) is 4.79. The molecule has 0 aromatic heterocycles. The van der Waals surface area contributed by atoms with Crippen molar-refractivity contribution >= 4 is 17.2 Å². The van der Waals surface area contributed by atoms with Gasteiger partial charge in [0.1, 0.15) is 11.5 Å². The number of benzene rings is 3. The van der Waals surface area contributed by atoms with Crippen molar-refractivity contribution in [1.29, 1.82) is 0 Å². The van der Waals surface area contributed by atoms with Gasteiger partial charge >= 0.3 is 0 Å². The van der Waals surface area contributed by atoms with Crippen LogP contribution in [-0.2, 0) is 4.74 Å². The van der Waals surface area contributed by atoms with Gasteiger partial charge in [0, 0.05) is 18.4 Å². The van der Waals surface area contributed by atoms with E-state index in [9.17, 15) is 0 Å². The van der Waals surface area contributed by atoms with E-state index in [1.54, 1.807) is 21.3 Å². The van der Waals surface area contributed by atoms with Crippen LogP contribution in [0.5, 0.6) is 11.5 Å². The molecule has 1 atom stereocenters. The van der Waals surface area contributed by atoms with Crippen LogP contribution in [0, 0.1) is 0 Å². The van der Waals surface area contributed by atoms with E-state index in [0.29, 0.717) is 0 Å². The van der Waals surface area contributed by atoms with Gasteiger partial charge in [-0.2, -0.15) is 0 Å². The number of ether oxygens (including phenoxy) is 3. The minimum absolute atomic E-state index is 0.438. The van der Waals surface area contributed by atoms with Crippen molar-refractivity contribution in [3.05, 3.63) is 84.4 Å². The zero-order valence-electron chi connectivity index (χ0n) is 16.6. The highest BCUT2D eigenvalue weighted by Crippen LogP contribution is 2.33. The molecular weight excluding hydrogens is 366 g/mol. The van der Waals surface area contributed by atoms with Gasteiger partial charge in [-0.1, -0.05) is 30.3 Å². The monoisotopic (exact) mass is 389 g/mol. The van der Waals surface area contributed by atoms with Crippen molar-refractivity contribution in [2.75, 3.05) is 31.2 Å². The van der Waals surface area contributed by atoms with Crippen LogP contribution in [0.1, 0.15) is 5.56 Å². The number of rotatable bonds is 6. The standard InChI is InChI=1S/C23H23N3O3/c1-27-20-13-9-18(10-14-20)25-22(17-7-5-4-6-8-17)24-26(23(25)29-3)19-11-15-21(28-2)16-12-19/h4-16,23H,1-3H3/t23-/m0/s1. The Bertz CT molecular complexity index is 973. The van der Waals surface area contributed by atoms with E-state index in [0.717, 1.165) is 34.3 Å². The van der Waals surface area contributed by atoms with Crippen LogP contribution in [-0.4, -0.2) is 33.5 Å². The average Bonchev–Trinajstić information content (AvgIpc) is 3.19. The summed E-state index contributed by atoms with van der Waals surface area (Å²) in [5.41, 5.74) is 2.86. The molecule has 6 heteroatoms. The molecule has 1 heterocycles. The summed E-state index contributed by atoms with van der Waals surface area (Å²) in [6.45, 7) is 0. The maximum atomic E-state index is 5.88. The van der Waals surface area contributed by atoms with Gasteiger partial charge in [0.05, 0.1) is 19.9 Å². The van der Waals surface area contributed by atoms with Gasteiger partial charge in [0.2, 0.25) is 6.35 Å². The first kappa shape index (κ1) is 18.8. The molecule has 29 heavy (non-hydrogen) atoms. The van der Waals surface area contributed by atoms with Gasteiger partial charge in [-0.05, 0) is 48.5 Å². The molecule has 0 spiro atoms. The number of hydrazone groups is 1. The minimum Gasteiger partial charge on any atom is -0.497 e. The first-order valence-corrected chi connectivity index (χ1v) is 9.28. The quantitative estimate of drug-likeness (QED) is 0.628. The van der Waals surface area contributed by atoms with Crippen molar-refractivity contribution in [2.45, 2.75) is 6.35 Å². The summed E-state index contributed by atoms with van der Waals surface area (Å²) in [5.74, 6) is 2.40. The second kappa shape index (κ2) is 8.24. The number of methoxy groups -OCH3 is 3. The van der Waals surface area contributed by atoms with Crippen molar-refractivity contribution in [3.8, 4) is 11.5 Å². The van der Waals surface area contributed by atoms with E-state index in [2.05, 4.69) is 4.90 Å². The summed E-state index contributed by atoms with van der Waals surface area (Å²) < 4.78 is 16.5.